The highest BCUT2D eigenvalue weighted by molar-refractivity contribution is 6.28. The molecule has 0 saturated carbocycles. The number of nitrogens with zero attached hydrogens (tertiary/aromatic N) is 2. The summed E-state index contributed by atoms with van der Waals surface area (Å²) < 4.78 is 32.1. The molecular formula is C12H10ClF2N3O. The SMILES string of the molecule is CCOc1ccc(Nc2nc(Cl)ncc2F)cc1F. The Labute approximate surface area is 113 Å². The molecule has 0 atom stereocenters. The lowest BCUT2D eigenvalue weighted by atomic mass is 10.3. The molecule has 7 heteroatoms. The minimum atomic E-state index is -0.682. The van der Waals surface area contributed by atoms with Crippen LogP contribution in [0.25, 0.3) is 0 Å². The van der Waals surface area contributed by atoms with Crippen LogP contribution in [0.15, 0.2) is 24.4 Å². The second kappa shape index (κ2) is 5.79. The van der Waals surface area contributed by atoms with Gasteiger partial charge in [0.05, 0.1) is 12.8 Å². The van der Waals surface area contributed by atoms with Gasteiger partial charge in [-0.05, 0) is 30.7 Å². The molecule has 2 rings (SSSR count). The normalized spacial score (nSPS) is 10.3. The van der Waals surface area contributed by atoms with Crippen LogP contribution in [0.2, 0.25) is 5.28 Å². The van der Waals surface area contributed by atoms with Crippen LogP contribution in [-0.2, 0) is 0 Å². The average Bonchev–Trinajstić information content (AvgIpc) is 2.37. The van der Waals surface area contributed by atoms with Crippen LogP contribution < -0.4 is 10.1 Å². The molecule has 0 spiro atoms. The number of anilines is 2. The molecule has 0 fully saturated rings. The Morgan fingerprint density at radius 3 is 2.79 bits per heavy atom. The van der Waals surface area contributed by atoms with Gasteiger partial charge in [0.25, 0.3) is 0 Å². The molecule has 1 aromatic heterocycles. The first-order chi connectivity index (χ1) is 9.10. The molecule has 1 N–H and O–H groups in total. The van der Waals surface area contributed by atoms with Crippen LogP contribution in [-0.4, -0.2) is 16.6 Å². The molecule has 0 unspecified atom stereocenters. The zero-order valence-corrected chi connectivity index (χ0v) is 10.7. The van der Waals surface area contributed by atoms with E-state index in [4.69, 9.17) is 16.3 Å². The lowest BCUT2D eigenvalue weighted by Gasteiger charge is -2.09. The van der Waals surface area contributed by atoms with Crippen molar-refractivity contribution < 1.29 is 13.5 Å². The molecule has 2 aromatic rings. The fraction of sp³-hybridized carbons (Fsp3) is 0.167. The first-order valence-corrected chi connectivity index (χ1v) is 5.85. The molecule has 0 saturated heterocycles. The standard InChI is InChI=1S/C12H10ClF2N3O/c1-2-19-10-4-3-7(5-8(10)14)17-11-9(15)6-16-12(13)18-11/h3-6H,2H2,1H3,(H,16,17,18). The van der Waals surface area contributed by atoms with Crippen LogP contribution in [0.3, 0.4) is 0 Å². The number of aromatic nitrogens is 2. The summed E-state index contributed by atoms with van der Waals surface area (Å²) in [5, 5.41) is 2.52. The summed E-state index contributed by atoms with van der Waals surface area (Å²) >= 11 is 5.56. The van der Waals surface area contributed by atoms with Crippen molar-refractivity contribution in [3.05, 3.63) is 41.3 Å². The van der Waals surface area contributed by atoms with Gasteiger partial charge in [-0.1, -0.05) is 0 Å². The first kappa shape index (κ1) is 13.5. The van der Waals surface area contributed by atoms with E-state index in [2.05, 4.69) is 15.3 Å². The molecule has 0 aliphatic heterocycles. The molecule has 4 nitrogen and oxygen atoms in total. The van der Waals surface area contributed by atoms with E-state index in [1.165, 1.54) is 12.1 Å². The van der Waals surface area contributed by atoms with Crippen LogP contribution in [0.5, 0.6) is 5.75 Å². The highest BCUT2D eigenvalue weighted by Gasteiger charge is 2.09. The maximum atomic E-state index is 13.6. The van der Waals surface area contributed by atoms with Gasteiger partial charge in [-0.25, -0.2) is 13.8 Å². The molecule has 0 bridgehead atoms. The van der Waals surface area contributed by atoms with E-state index in [-0.39, 0.29) is 16.9 Å². The number of nitrogens with one attached hydrogen (secondary N) is 1. The molecule has 0 amide bonds. The smallest absolute Gasteiger partial charge is 0.224 e. The van der Waals surface area contributed by atoms with Crippen LogP contribution >= 0.6 is 11.6 Å². The van der Waals surface area contributed by atoms with Gasteiger partial charge in [-0.15, -0.1) is 0 Å². The van der Waals surface area contributed by atoms with Crippen molar-refractivity contribution in [2.45, 2.75) is 6.92 Å². The van der Waals surface area contributed by atoms with Crippen LogP contribution in [0.1, 0.15) is 6.92 Å². The maximum absolute atomic E-state index is 13.6. The van der Waals surface area contributed by atoms with E-state index in [9.17, 15) is 8.78 Å². The number of ether oxygens (including phenoxy) is 1. The molecule has 0 radical (unpaired) electrons. The molecule has 0 aliphatic carbocycles. The predicted octanol–water partition coefficient (Wildman–Crippen LogP) is 3.55. The van der Waals surface area contributed by atoms with Gasteiger partial charge >= 0.3 is 0 Å². The van der Waals surface area contributed by atoms with Crippen molar-refractivity contribution in [1.82, 2.24) is 9.97 Å². The second-order valence-corrected chi connectivity index (χ2v) is 3.88. The Balaban J connectivity index is 2.24. The summed E-state index contributed by atoms with van der Waals surface area (Å²) in [4.78, 5) is 7.15. The van der Waals surface area contributed by atoms with Gasteiger partial charge in [0.1, 0.15) is 0 Å². The lowest BCUT2D eigenvalue weighted by molar-refractivity contribution is 0.321. The monoisotopic (exact) mass is 285 g/mol. The van der Waals surface area contributed by atoms with Gasteiger partial charge in [-0.2, -0.15) is 4.98 Å². The lowest BCUT2D eigenvalue weighted by Crippen LogP contribution is -2.00. The number of halogens is 3. The Morgan fingerprint density at radius 1 is 1.32 bits per heavy atom. The summed E-state index contributed by atoms with van der Waals surface area (Å²) in [6.07, 6.45) is 0.933. The summed E-state index contributed by atoms with van der Waals surface area (Å²) in [6.45, 7) is 2.11. The minimum absolute atomic E-state index is 0.102. The largest absolute Gasteiger partial charge is 0.491 e. The van der Waals surface area contributed by atoms with Gasteiger partial charge in [-0.3, -0.25) is 0 Å². The van der Waals surface area contributed by atoms with E-state index in [1.807, 2.05) is 0 Å². The molecular weight excluding hydrogens is 276 g/mol. The Morgan fingerprint density at radius 2 is 2.11 bits per heavy atom. The third kappa shape index (κ3) is 3.29. The Bertz CT molecular complexity index is 595. The van der Waals surface area contributed by atoms with E-state index in [1.54, 1.807) is 13.0 Å². The van der Waals surface area contributed by atoms with Gasteiger partial charge in [0, 0.05) is 11.8 Å². The first-order valence-electron chi connectivity index (χ1n) is 5.47. The van der Waals surface area contributed by atoms with E-state index in [0.717, 1.165) is 6.20 Å². The zero-order chi connectivity index (χ0) is 13.8. The zero-order valence-electron chi connectivity index (χ0n) is 9.95. The number of benzene rings is 1. The summed E-state index contributed by atoms with van der Waals surface area (Å²) in [5.41, 5.74) is 0.328. The highest BCUT2D eigenvalue weighted by Crippen LogP contribution is 2.24. The molecule has 100 valence electrons. The number of hydrogen-bond donors (Lipinski definition) is 1. The summed E-state index contributed by atoms with van der Waals surface area (Å²) in [5.74, 6) is -1.22. The van der Waals surface area contributed by atoms with Crippen LogP contribution in [0.4, 0.5) is 20.3 Å². The van der Waals surface area contributed by atoms with Gasteiger partial charge < -0.3 is 10.1 Å². The minimum Gasteiger partial charge on any atom is -0.491 e. The summed E-state index contributed by atoms with van der Waals surface area (Å²) in [7, 11) is 0. The van der Waals surface area contributed by atoms with Crippen molar-refractivity contribution in [1.29, 1.82) is 0 Å². The topological polar surface area (TPSA) is 47.0 Å². The molecule has 1 aromatic carbocycles. The maximum Gasteiger partial charge on any atom is 0.224 e. The van der Waals surface area contributed by atoms with E-state index in [0.29, 0.717) is 12.3 Å². The third-order valence-corrected chi connectivity index (χ3v) is 2.39. The van der Waals surface area contributed by atoms with Crippen molar-refractivity contribution in [2.75, 3.05) is 11.9 Å². The van der Waals surface area contributed by atoms with E-state index < -0.39 is 11.6 Å². The van der Waals surface area contributed by atoms with E-state index >= 15 is 0 Å². The summed E-state index contributed by atoms with van der Waals surface area (Å²) in [6, 6.07) is 4.17. The van der Waals surface area contributed by atoms with Gasteiger partial charge in [0.2, 0.25) is 5.28 Å². The third-order valence-electron chi connectivity index (χ3n) is 2.21. The van der Waals surface area contributed by atoms with Gasteiger partial charge in [0.15, 0.2) is 23.2 Å². The average molecular weight is 286 g/mol. The predicted molar refractivity (Wildman–Crippen MR) is 67.9 cm³/mol. The number of hydrogen-bond acceptors (Lipinski definition) is 4. The second-order valence-electron chi connectivity index (χ2n) is 3.54. The van der Waals surface area contributed by atoms with Crippen molar-refractivity contribution in [3.8, 4) is 5.75 Å². The highest BCUT2D eigenvalue weighted by atomic mass is 35.5. The molecule has 19 heavy (non-hydrogen) atoms. The Kier molecular flexibility index (Phi) is 4.11. The van der Waals surface area contributed by atoms with Crippen LogP contribution in [0, 0.1) is 11.6 Å². The fourth-order valence-corrected chi connectivity index (χ4v) is 1.55. The van der Waals surface area contributed by atoms with Crippen molar-refractivity contribution in [3.63, 3.8) is 0 Å². The number of rotatable bonds is 4. The Hall–Kier alpha value is -1.95. The molecule has 1 heterocycles. The fourth-order valence-electron chi connectivity index (χ4n) is 1.42. The quantitative estimate of drug-likeness (QED) is 0.873. The van der Waals surface area contributed by atoms with Crippen molar-refractivity contribution >= 4 is 23.1 Å². The molecule has 0 aliphatic rings. The van der Waals surface area contributed by atoms with Crippen molar-refractivity contribution in [2.24, 2.45) is 0 Å².